The molecule has 3 heteroatoms. The topological polar surface area (TPSA) is 35.5 Å². The van der Waals surface area contributed by atoms with Gasteiger partial charge < -0.3 is 15.3 Å². The maximum Gasteiger partial charge on any atom is 0.0606 e. The molecular weight excluding hydrogens is 260 g/mol. The van der Waals surface area contributed by atoms with Crippen molar-refractivity contribution in [1.29, 1.82) is 0 Å². The lowest BCUT2D eigenvalue weighted by molar-refractivity contribution is 0.301. The number of hydrogen-bond donors (Lipinski definition) is 2. The number of anilines is 1. The number of aliphatic hydroxyl groups is 1. The van der Waals surface area contributed by atoms with Gasteiger partial charge in [-0.2, -0.15) is 0 Å². The Morgan fingerprint density at radius 3 is 2.29 bits per heavy atom. The van der Waals surface area contributed by atoms with Crippen LogP contribution in [-0.2, 0) is 0 Å². The fourth-order valence-electron chi connectivity index (χ4n) is 2.57. The Labute approximate surface area is 130 Å². The molecule has 1 rings (SSSR count). The van der Waals surface area contributed by atoms with Gasteiger partial charge in [-0.15, -0.1) is 0 Å². The molecule has 1 aromatic carbocycles. The van der Waals surface area contributed by atoms with Crippen molar-refractivity contribution < 1.29 is 5.11 Å². The lowest BCUT2D eigenvalue weighted by atomic mass is 10.0. The van der Waals surface area contributed by atoms with Gasteiger partial charge in [0.2, 0.25) is 0 Å². The van der Waals surface area contributed by atoms with Gasteiger partial charge in [-0.3, -0.25) is 0 Å². The third-order valence-electron chi connectivity index (χ3n) is 3.86. The smallest absolute Gasteiger partial charge is 0.0606 e. The van der Waals surface area contributed by atoms with Crippen LogP contribution in [0.25, 0.3) is 0 Å². The Hall–Kier alpha value is -1.06. The second-order valence-corrected chi connectivity index (χ2v) is 5.57. The van der Waals surface area contributed by atoms with Crippen molar-refractivity contribution in [3.05, 3.63) is 29.8 Å². The van der Waals surface area contributed by atoms with Gasteiger partial charge in [0, 0.05) is 24.8 Å². The number of nitrogens with one attached hydrogen (secondary N) is 1. The molecule has 1 aromatic rings. The van der Waals surface area contributed by atoms with Gasteiger partial charge in [0.25, 0.3) is 0 Å². The van der Waals surface area contributed by atoms with E-state index < -0.39 is 0 Å². The molecule has 0 fully saturated rings. The SMILES string of the molecule is CCCCN(CCO)c1ccc(C(CC)NCCC)cc1. The standard InChI is InChI=1S/C18H32N2O/c1-4-7-13-20(14-15-21)17-10-8-16(9-11-17)18(6-3)19-12-5-2/h8-11,18-19,21H,4-7,12-15H2,1-3H3. The second kappa shape index (κ2) is 10.6. The molecule has 0 saturated heterocycles. The molecule has 120 valence electrons. The molecule has 0 bridgehead atoms. The third-order valence-corrected chi connectivity index (χ3v) is 3.86. The van der Waals surface area contributed by atoms with E-state index in [1.807, 2.05) is 0 Å². The first kappa shape index (κ1) is 18.0. The molecule has 21 heavy (non-hydrogen) atoms. The van der Waals surface area contributed by atoms with Crippen LogP contribution in [0.5, 0.6) is 0 Å². The van der Waals surface area contributed by atoms with Gasteiger partial charge in [0.15, 0.2) is 0 Å². The maximum atomic E-state index is 9.22. The molecule has 1 atom stereocenters. The fourth-order valence-corrected chi connectivity index (χ4v) is 2.57. The highest BCUT2D eigenvalue weighted by atomic mass is 16.3. The lowest BCUT2D eigenvalue weighted by Crippen LogP contribution is -2.27. The van der Waals surface area contributed by atoms with Crippen molar-refractivity contribution in [2.24, 2.45) is 0 Å². The molecule has 0 amide bonds. The zero-order chi connectivity index (χ0) is 15.5. The molecule has 0 aromatic heterocycles. The number of hydrogen-bond acceptors (Lipinski definition) is 3. The summed E-state index contributed by atoms with van der Waals surface area (Å²) in [6.45, 7) is 9.62. The third kappa shape index (κ3) is 6.06. The summed E-state index contributed by atoms with van der Waals surface area (Å²) in [7, 11) is 0. The number of aliphatic hydroxyl groups excluding tert-OH is 1. The number of rotatable bonds is 11. The number of unbranched alkanes of at least 4 members (excludes halogenated alkanes) is 1. The van der Waals surface area contributed by atoms with E-state index in [0.29, 0.717) is 12.6 Å². The summed E-state index contributed by atoms with van der Waals surface area (Å²) >= 11 is 0. The molecule has 3 nitrogen and oxygen atoms in total. The Balaban J connectivity index is 2.73. The average Bonchev–Trinajstić information content (AvgIpc) is 2.53. The molecule has 1 unspecified atom stereocenters. The van der Waals surface area contributed by atoms with Crippen LogP contribution in [0.3, 0.4) is 0 Å². The van der Waals surface area contributed by atoms with Crippen molar-refractivity contribution in [3.63, 3.8) is 0 Å². The zero-order valence-corrected chi connectivity index (χ0v) is 13.9. The minimum Gasteiger partial charge on any atom is -0.395 e. The first-order valence-electron chi connectivity index (χ1n) is 8.45. The summed E-state index contributed by atoms with van der Waals surface area (Å²) < 4.78 is 0. The lowest BCUT2D eigenvalue weighted by Gasteiger charge is -2.25. The van der Waals surface area contributed by atoms with Gasteiger partial charge in [-0.25, -0.2) is 0 Å². The summed E-state index contributed by atoms with van der Waals surface area (Å²) in [4.78, 5) is 2.27. The zero-order valence-electron chi connectivity index (χ0n) is 13.9. The van der Waals surface area contributed by atoms with Crippen LogP contribution >= 0.6 is 0 Å². The van der Waals surface area contributed by atoms with E-state index in [4.69, 9.17) is 0 Å². The Bertz CT molecular complexity index is 364. The predicted molar refractivity (Wildman–Crippen MR) is 92.0 cm³/mol. The van der Waals surface area contributed by atoms with Crippen LogP contribution in [0.2, 0.25) is 0 Å². The molecule has 0 spiro atoms. The van der Waals surface area contributed by atoms with Crippen molar-refractivity contribution in [1.82, 2.24) is 5.32 Å². The average molecular weight is 292 g/mol. The van der Waals surface area contributed by atoms with Crippen LogP contribution in [-0.4, -0.2) is 31.3 Å². The van der Waals surface area contributed by atoms with E-state index in [1.165, 1.54) is 17.7 Å². The highest BCUT2D eigenvalue weighted by molar-refractivity contribution is 5.48. The molecule has 0 aliphatic heterocycles. The van der Waals surface area contributed by atoms with Crippen LogP contribution in [0.1, 0.15) is 58.1 Å². The normalized spacial score (nSPS) is 12.4. The van der Waals surface area contributed by atoms with E-state index in [9.17, 15) is 5.11 Å². The Morgan fingerprint density at radius 1 is 1.05 bits per heavy atom. The monoisotopic (exact) mass is 292 g/mol. The van der Waals surface area contributed by atoms with Gasteiger partial charge >= 0.3 is 0 Å². The highest BCUT2D eigenvalue weighted by Crippen LogP contribution is 2.21. The van der Waals surface area contributed by atoms with Gasteiger partial charge in [0.1, 0.15) is 0 Å². The fraction of sp³-hybridized carbons (Fsp3) is 0.667. The first-order chi connectivity index (χ1) is 10.3. The van der Waals surface area contributed by atoms with Crippen molar-refractivity contribution in [3.8, 4) is 0 Å². The minimum atomic E-state index is 0.209. The van der Waals surface area contributed by atoms with E-state index in [0.717, 1.165) is 32.4 Å². The van der Waals surface area contributed by atoms with Crippen molar-refractivity contribution >= 4 is 5.69 Å². The second-order valence-electron chi connectivity index (χ2n) is 5.57. The van der Waals surface area contributed by atoms with Crippen LogP contribution in [0.4, 0.5) is 5.69 Å². The molecule has 0 saturated carbocycles. The molecular formula is C18H32N2O. The van der Waals surface area contributed by atoms with E-state index >= 15 is 0 Å². The maximum absolute atomic E-state index is 9.22. The Morgan fingerprint density at radius 2 is 1.76 bits per heavy atom. The van der Waals surface area contributed by atoms with Crippen molar-refractivity contribution in [2.45, 2.75) is 52.5 Å². The first-order valence-corrected chi connectivity index (χ1v) is 8.45. The summed E-state index contributed by atoms with van der Waals surface area (Å²) in [5.41, 5.74) is 2.57. The van der Waals surface area contributed by atoms with Gasteiger partial charge in [-0.05, 0) is 43.5 Å². The number of benzene rings is 1. The molecule has 0 radical (unpaired) electrons. The van der Waals surface area contributed by atoms with E-state index in [1.54, 1.807) is 0 Å². The van der Waals surface area contributed by atoms with Crippen molar-refractivity contribution in [2.75, 3.05) is 31.1 Å². The van der Waals surface area contributed by atoms with Gasteiger partial charge in [0.05, 0.1) is 6.61 Å². The molecule has 0 aliphatic carbocycles. The molecule has 0 heterocycles. The number of nitrogens with zero attached hydrogens (tertiary/aromatic N) is 1. The minimum absolute atomic E-state index is 0.209. The van der Waals surface area contributed by atoms with Gasteiger partial charge in [-0.1, -0.05) is 39.3 Å². The Kier molecular flexibility index (Phi) is 9.11. The van der Waals surface area contributed by atoms with Crippen LogP contribution in [0, 0.1) is 0 Å². The summed E-state index contributed by atoms with van der Waals surface area (Å²) in [6, 6.07) is 9.28. The molecule has 2 N–H and O–H groups in total. The summed E-state index contributed by atoms with van der Waals surface area (Å²) in [6.07, 6.45) is 4.61. The summed E-state index contributed by atoms with van der Waals surface area (Å²) in [5, 5.41) is 12.8. The molecule has 0 aliphatic rings. The largest absolute Gasteiger partial charge is 0.395 e. The van der Waals surface area contributed by atoms with E-state index in [2.05, 4.69) is 55.3 Å². The highest BCUT2D eigenvalue weighted by Gasteiger charge is 2.10. The van der Waals surface area contributed by atoms with E-state index in [-0.39, 0.29) is 6.61 Å². The van der Waals surface area contributed by atoms with Crippen LogP contribution in [0.15, 0.2) is 24.3 Å². The summed E-state index contributed by atoms with van der Waals surface area (Å²) in [5.74, 6) is 0. The van der Waals surface area contributed by atoms with Crippen LogP contribution < -0.4 is 10.2 Å². The predicted octanol–water partition coefficient (Wildman–Crippen LogP) is 3.74. The quantitative estimate of drug-likeness (QED) is 0.652.